The Morgan fingerprint density at radius 2 is 1.85 bits per heavy atom. The van der Waals surface area contributed by atoms with Gasteiger partial charge in [0.05, 0.1) is 6.61 Å². The van der Waals surface area contributed by atoms with Crippen LogP contribution in [0.25, 0.3) is 0 Å². The molecule has 0 heterocycles. The van der Waals surface area contributed by atoms with Crippen LogP contribution in [-0.4, -0.2) is 29.8 Å². The molecular weight excluding hydrogens is 266 g/mol. The molecule has 1 unspecified atom stereocenters. The van der Waals surface area contributed by atoms with E-state index in [-0.39, 0.29) is 12.0 Å². The number of nitrogens with one attached hydrogen (secondary N) is 1. The second kappa shape index (κ2) is 8.71. The summed E-state index contributed by atoms with van der Waals surface area (Å²) in [6, 6.07) is 9.35. The van der Waals surface area contributed by atoms with Crippen molar-refractivity contribution in [3.63, 3.8) is 0 Å². The third-order valence-corrected chi connectivity index (χ3v) is 4.38. The highest BCUT2D eigenvalue weighted by Crippen LogP contribution is 2.25. The molecule has 0 aromatic heterocycles. The fraction of sp³-hybridized carbons (Fsp3) is 0.647. The quantitative estimate of drug-likeness (QED) is 0.716. The van der Waals surface area contributed by atoms with Gasteiger partial charge in [0.15, 0.2) is 0 Å². The van der Waals surface area contributed by atoms with E-state index in [1.165, 1.54) is 11.1 Å². The molecule has 3 heteroatoms. The summed E-state index contributed by atoms with van der Waals surface area (Å²) in [7, 11) is 0. The molecule has 114 valence electrons. The number of hydrogen-bond acceptors (Lipinski definition) is 3. The van der Waals surface area contributed by atoms with Crippen molar-refractivity contribution in [1.82, 2.24) is 5.32 Å². The van der Waals surface area contributed by atoms with Crippen LogP contribution >= 0.6 is 11.8 Å². The molecule has 2 nitrogen and oxygen atoms in total. The Hall–Kier alpha value is -0.510. The van der Waals surface area contributed by atoms with Gasteiger partial charge in [0.2, 0.25) is 0 Å². The molecule has 1 atom stereocenters. The smallest absolute Gasteiger partial charge is 0.0521 e. The van der Waals surface area contributed by atoms with Gasteiger partial charge in [-0.15, -0.1) is 0 Å². The zero-order valence-electron chi connectivity index (χ0n) is 13.3. The minimum Gasteiger partial charge on any atom is -0.396 e. The Kier molecular flexibility index (Phi) is 7.63. The first-order chi connectivity index (χ1) is 9.49. The number of rotatable bonds is 8. The molecule has 0 fully saturated rings. The van der Waals surface area contributed by atoms with Gasteiger partial charge in [0.1, 0.15) is 0 Å². The van der Waals surface area contributed by atoms with Crippen molar-refractivity contribution in [3.8, 4) is 0 Å². The monoisotopic (exact) mass is 295 g/mol. The van der Waals surface area contributed by atoms with Crippen LogP contribution in [0.1, 0.15) is 51.3 Å². The highest BCUT2D eigenvalue weighted by atomic mass is 32.2. The number of aliphatic hydroxyl groups excluding tert-OH is 1. The highest BCUT2D eigenvalue weighted by molar-refractivity contribution is 7.99. The minimum absolute atomic E-state index is 0.205. The summed E-state index contributed by atoms with van der Waals surface area (Å²) >= 11 is 1.80. The largest absolute Gasteiger partial charge is 0.396 e. The van der Waals surface area contributed by atoms with Gasteiger partial charge in [0, 0.05) is 17.5 Å². The Balaban J connectivity index is 2.73. The standard InChI is InChI=1S/C17H29NOS/c1-5-10-18-16(13-20-12-11-19)14-6-8-15(9-7-14)17(2,3)4/h6-9,16,18-19H,5,10-13H2,1-4H3. The molecule has 0 aliphatic heterocycles. The summed E-state index contributed by atoms with van der Waals surface area (Å²) in [5.41, 5.74) is 2.92. The third kappa shape index (κ3) is 5.86. The molecule has 1 aromatic carbocycles. The fourth-order valence-corrected chi connectivity index (χ4v) is 2.91. The van der Waals surface area contributed by atoms with Gasteiger partial charge in [-0.2, -0.15) is 11.8 Å². The number of hydrogen-bond donors (Lipinski definition) is 2. The van der Waals surface area contributed by atoms with Gasteiger partial charge in [0.25, 0.3) is 0 Å². The van der Waals surface area contributed by atoms with Crippen LogP contribution in [-0.2, 0) is 5.41 Å². The van der Waals surface area contributed by atoms with E-state index in [0.29, 0.717) is 6.04 Å². The maximum atomic E-state index is 8.91. The first-order valence-corrected chi connectivity index (χ1v) is 8.67. The average molecular weight is 295 g/mol. The Bertz CT molecular complexity index is 370. The normalized spacial score (nSPS) is 13.4. The summed E-state index contributed by atoms with van der Waals surface area (Å²) in [4.78, 5) is 0. The summed E-state index contributed by atoms with van der Waals surface area (Å²) in [6.45, 7) is 10.2. The average Bonchev–Trinajstić information content (AvgIpc) is 2.42. The lowest BCUT2D eigenvalue weighted by Gasteiger charge is -2.22. The van der Waals surface area contributed by atoms with Crippen molar-refractivity contribution in [2.75, 3.05) is 24.7 Å². The molecule has 0 spiro atoms. The Morgan fingerprint density at radius 3 is 2.35 bits per heavy atom. The van der Waals surface area contributed by atoms with Crippen molar-refractivity contribution >= 4 is 11.8 Å². The van der Waals surface area contributed by atoms with Crippen LogP contribution < -0.4 is 5.32 Å². The van der Waals surface area contributed by atoms with Gasteiger partial charge >= 0.3 is 0 Å². The van der Waals surface area contributed by atoms with E-state index in [1.807, 2.05) is 0 Å². The van der Waals surface area contributed by atoms with Crippen molar-refractivity contribution < 1.29 is 5.11 Å². The maximum Gasteiger partial charge on any atom is 0.0521 e. The first kappa shape index (κ1) is 17.5. The van der Waals surface area contributed by atoms with Crippen molar-refractivity contribution in [1.29, 1.82) is 0 Å². The van der Waals surface area contributed by atoms with Gasteiger partial charge < -0.3 is 10.4 Å². The van der Waals surface area contributed by atoms with Gasteiger partial charge in [-0.1, -0.05) is 52.0 Å². The Morgan fingerprint density at radius 1 is 1.20 bits per heavy atom. The molecule has 1 aromatic rings. The van der Waals surface area contributed by atoms with Crippen molar-refractivity contribution in [3.05, 3.63) is 35.4 Å². The number of aliphatic hydroxyl groups is 1. The van der Waals surface area contributed by atoms with Crippen LogP contribution in [0.3, 0.4) is 0 Å². The van der Waals surface area contributed by atoms with Crippen LogP contribution in [0.5, 0.6) is 0 Å². The van der Waals surface area contributed by atoms with E-state index in [9.17, 15) is 0 Å². The first-order valence-electron chi connectivity index (χ1n) is 7.51. The zero-order valence-corrected chi connectivity index (χ0v) is 14.1. The van der Waals surface area contributed by atoms with E-state index < -0.39 is 0 Å². The number of benzene rings is 1. The summed E-state index contributed by atoms with van der Waals surface area (Å²) in [5, 5.41) is 12.5. The molecule has 0 aliphatic rings. The predicted octanol–water partition coefficient (Wildman–Crippen LogP) is 3.75. The lowest BCUT2D eigenvalue weighted by molar-refractivity contribution is 0.322. The summed E-state index contributed by atoms with van der Waals surface area (Å²) in [6.07, 6.45) is 1.14. The molecule has 0 amide bonds. The lowest BCUT2D eigenvalue weighted by atomic mass is 9.86. The van der Waals surface area contributed by atoms with E-state index in [4.69, 9.17) is 5.11 Å². The molecular formula is C17H29NOS. The SMILES string of the molecule is CCCNC(CSCCO)c1ccc(C(C)(C)C)cc1. The molecule has 0 bridgehead atoms. The van der Waals surface area contributed by atoms with E-state index in [0.717, 1.165) is 24.5 Å². The van der Waals surface area contributed by atoms with Crippen molar-refractivity contribution in [2.24, 2.45) is 0 Å². The minimum atomic E-state index is 0.205. The third-order valence-electron chi connectivity index (χ3n) is 3.34. The summed E-state index contributed by atoms with van der Waals surface area (Å²) in [5.74, 6) is 1.82. The van der Waals surface area contributed by atoms with E-state index in [1.54, 1.807) is 11.8 Å². The molecule has 0 radical (unpaired) electrons. The molecule has 1 rings (SSSR count). The lowest BCUT2D eigenvalue weighted by Crippen LogP contribution is -2.24. The highest BCUT2D eigenvalue weighted by Gasteiger charge is 2.15. The van der Waals surface area contributed by atoms with E-state index in [2.05, 4.69) is 57.3 Å². The zero-order chi connectivity index (χ0) is 15.0. The molecule has 20 heavy (non-hydrogen) atoms. The predicted molar refractivity (Wildman–Crippen MR) is 90.6 cm³/mol. The van der Waals surface area contributed by atoms with Crippen LogP contribution in [0.2, 0.25) is 0 Å². The maximum absolute atomic E-state index is 8.91. The Labute approximate surface area is 128 Å². The topological polar surface area (TPSA) is 32.3 Å². The van der Waals surface area contributed by atoms with E-state index >= 15 is 0 Å². The second-order valence-electron chi connectivity index (χ2n) is 6.18. The van der Waals surface area contributed by atoms with Crippen molar-refractivity contribution in [2.45, 2.75) is 45.6 Å². The summed E-state index contributed by atoms with van der Waals surface area (Å²) < 4.78 is 0. The molecule has 2 N–H and O–H groups in total. The van der Waals surface area contributed by atoms with Crippen LogP contribution in [0.4, 0.5) is 0 Å². The molecule has 0 saturated heterocycles. The van der Waals surface area contributed by atoms with Gasteiger partial charge in [-0.25, -0.2) is 0 Å². The fourth-order valence-electron chi connectivity index (χ4n) is 2.07. The van der Waals surface area contributed by atoms with Gasteiger partial charge in [-0.05, 0) is 29.5 Å². The second-order valence-corrected chi connectivity index (χ2v) is 7.33. The molecule has 0 saturated carbocycles. The van der Waals surface area contributed by atoms with Crippen LogP contribution in [0, 0.1) is 0 Å². The van der Waals surface area contributed by atoms with Crippen LogP contribution in [0.15, 0.2) is 24.3 Å². The number of thioether (sulfide) groups is 1. The molecule has 0 aliphatic carbocycles. The van der Waals surface area contributed by atoms with Gasteiger partial charge in [-0.3, -0.25) is 0 Å².